The second kappa shape index (κ2) is 8.26. The van der Waals surface area contributed by atoms with Gasteiger partial charge in [0.2, 0.25) is 5.91 Å². The van der Waals surface area contributed by atoms with Crippen LogP contribution >= 0.6 is 34.7 Å². The number of carbonyl (C=O) groups is 1. The highest BCUT2D eigenvalue weighted by atomic mass is 35.5. The lowest BCUT2D eigenvalue weighted by Gasteiger charge is -2.34. The van der Waals surface area contributed by atoms with E-state index in [-0.39, 0.29) is 22.0 Å². The lowest BCUT2D eigenvalue weighted by molar-refractivity contribution is -0.126. The van der Waals surface area contributed by atoms with Gasteiger partial charge >= 0.3 is 0 Å². The summed E-state index contributed by atoms with van der Waals surface area (Å²) in [6.07, 6.45) is 4.85. The second-order valence-electron chi connectivity index (χ2n) is 6.58. The Morgan fingerprint density at radius 3 is 2.69 bits per heavy atom. The van der Waals surface area contributed by atoms with Crippen molar-refractivity contribution in [2.24, 2.45) is 0 Å². The summed E-state index contributed by atoms with van der Waals surface area (Å²) in [5, 5.41) is 2.06. The van der Waals surface area contributed by atoms with Gasteiger partial charge in [0.1, 0.15) is 10.5 Å². The number of aromatic nitrogens is 2. The molecule has 1 amide bonds. The van der Waals surface area contributed by atoms with Crippen LogP contribution in [0.1, 0.15) is 6.92 Å². The zero-order valence-electron chi connectivity index (χ0n) is 15.5. The molecule has 0 N–H and O–H groups in total. The summed E-state index contributed by atoms with van der Waals surface area (Å²) in [5.41, 5.74) is 0.700. The molecule has 0 spiro atoms. The highest BCUT2D eigenvalue weighted by Gasteiger charge is 2.26. The molecule has 2 aromatic heterocycles. The van der Waals surface area contributed by atoms with E-state index in [0.717, 1.165) is 5.00 Å². The van der Waals surface area contributed by atoms with Gasteiger partial charge in [-0.1, -0.05) is 29.3 Å². The molecular weight excluding hydrogens is 434 g/mol. The molecule has 1 fully saturated rings. The van der Waals surface area contributed by atoms with Crippen LogP contribution in [0.3, 0.4) is 0 Å². The minimum Gasteiger partial charge on any atom is -0.358 e. The van der Waals surface area contributed by atoms with Gasteiger partial charge in [-0.3, -0.25) is 9.78 Å². The van der Waals surface area contributed by atoms with Gasteiger partial charge in [0.25, 0.3) is 0 Å². The van der Waals surface area contributed by atoms with Crippen molar-refractivity contribution in [2.75, 3.05) is 31.1 Å². The number of halogens is 3. The Labute approximate surface area is 181 Å². The zero-order chi connectivity index (χ0) is 20.5. The number of piperazine rings is 1. The minimum atomic E-state index is -0.530. The molecule has 4 rings (SSSR count). The monoisotopic (exact) mass is 450 g/mol. The predicted molar refractivity (Wildman–Crippen MR) is 116 cm³/mol. The van der Waals surface area contributed by atoms with Gasteiger partial charge in [0.15, 0.2) is 5.82 Å². The molecule has 29 heavy (non-hydrogen) atoms. The van der Waals surface area contributed by atoms with Crippen molar-refractivity contribution in [3.05, 3.63) is 52.4 Å². The van der Waals surface area contributed by atoms with Gasteiger partial charge in [0, 0.05) is 37.8 Å². The molecule has 0 saturated carbocycles. The largest absolute Gasteiger partial charge is 0.358 e. The van der Waals surface area contributed by atoms with E-state index >= 15 is 4.39 Å². The molecule has 1 saturated heterocycles. The molecule has 0 atom stereocenters. The molecule has 150 valence electrons. The lowest BCUT2D eigenvalue weighted by atomic mass is 10.1. The van der Waals surface area contributed by atoms with Crippen LogP contribution in [0, 0.1) is 5.82 Å². The number of fused-ring (bicyclic) bond motifs is 1. The number of benzene rings is 1. The van der Waals surface area contributed by atoms with Crippen LogP contribution < -0.4 is 4.90 Å². The summed E-state index contributed by atoms with van der Waals surface area (Å²) in [5.74, 6) is -0.523. The molecule has 9 heteroatoms. The number of hydrogen-bond acceptors (Lipinski definition) is 5. The van der Waals surface area contributed by atoms with Crippen molar-refractivity contribution in [1.82, 2.24) is 14.3 Å². The average Bonchev–Trinajstić information content (AvgIpc) is 3.13. The Morgan fingerprint density at radius 1 is 1.24 bits per heavy atom. The first kappa shape index (κ1) is 20.1. The van der Waals surface area contributed by atoms with Gasteiger partial charge in [-0.2, -0.15) is 4.37 Å². The van der Waals surface area contributed by atoms with E-state index < -0.39 is 5.82 Å². The number of carbonyl (C=O) groups excluding carboxylic acids is 1. The first-order chi connectivity index (χ1) is 14.0. The molecule has 1 aliphatic heterocycles. The van der Waals surface area contributed by atoms with E-state index in [9.17, 15) is 4.79 Å². The maximum atomic E-state index is 15.3. The SMILES string of the molecule is C/C=C\C(=O)N1CCN(c2snc3c(F)c(-c4ncccc4Cl)c(Cl)cc23)CC1. The topological polar surface area (TPSA) is 49.3 Å². The van der Waals surface area contributed by atoms with E-state index in [2.05, 4.69) is 14.3 Å². The van der Waals surface area contributed by atoms with Crippen LogP contribution in [0.5, 0.6) is 0 Å². The molecule has 1 aliphatic rings. The Hall–Kier alpha value is -2.22. The zero-order valence-corrected chi connectivity index (χ0v) is 17.9. The summed E-state index contributed by atoms with van der Waals surface area (Å²) in [6.45, 7) is 4.31. The van der Waals surface area contributed by atoms with Crippen molar-refractivity contribution < 1.29 is 9.18 Å². The molecule has 3 heterocycles. The minimum absolute atomic E-state index is 0.00674. The molecule has 3 aromatic rings. The standard InChI is InChI=1S/C20H17Cl2FN4OS/c1-2-4-15(28)26-7-9-27(10-8-26)20-12-11-14(22)16(17(23)18(12)25-29-20)19-13(21)5-3-6-24-19/h2-6,11H,7-10H2,1H3/b4-2-. The van der Waals surface area contributed by atoms with Crippen LogP contribution in [0.25, 0.3) is 22.2 Å². The number of hydrogen-bond donors (Lipinski definition) is 0. The Bertz CT molecular complexity index is 1110. The highest BCUT2D eigenvalue weighted by Crippen LogP contribution is 2.41. The van der Waals surface area contributed by atoms with Crippen molar-refractivity contribution in [3.8, 4) is 11.3 Å². The van der Waals surface area contributed by atoms with Crippen LogP contribution in [0.15, 0.2) is 36.5 Å². The first-order valence-corrected chi connectivity index (χ1v) is 10.6. The summed E-state index contributed by atoms with van der Waals surface area (Å²) >= 11 is 13.9. The number of allylic oxidation sites excluding steroid dienone is 1. The fraction of sp³-hybridized carbons (Fsp3) is 0.250. The summed E-state index contributed by atoms with van der Waals surface area (Å²) in [6, 6.07) is 5.04. The normalized spacial score (nSPS) is 14.9. The average molecular weight is 451 g/mol. The highest BCUT2D eigenvalue weighted by molar-refractivity contribution is 7.11. The van der Waals surface area contributed by atoms with Crippen LogP contribution in [0.4, 0.5) is 9.39 Å². The van der Waals surface area contributed by atoms with Gasteiger partial charge in [-0.15, -0.1) is 0 Å². The third-order valence-corrected chi connectivity index (χ3v) is 6.36. The summed E-state index contributed by atoms with van der Waals surface area (Å²) in [4.78, 5) is 20.1. The second-order valence-corrected chi connectivity index (χ2v) is 8.14. The fourth-order valence-electron chi connectivity index (χ4n) is 3.39. The third kappa shape index (κ3) is 3.70. The van der Waals surface area contributed by atoms with Crippen molar-refractivity contribution >= 4 is 56.5 Å². The van der Waals surface area contributed by atoms with Crippen molar-refractivity contribution in [3.63, 3.8) is 0 Å². The van der Waals surface area contributed by atoms with Crippen molar-refractivity contribution in [1.29, 1.82) is 0 Å². The smallest absolute Gasteiger partial charge is 0.246 e. The number of rotatable bonds is 3. The molecule has 0 bridgehead atoms. The number of pyridine rings is 1. The first-order valence-electron chi connectivity index (χ1n) is 9.06. The van der Waals surface area contributed by atoms with E-state index in [1.165, 1.54) is 11.5 Å². The molecule has 1 aromatic carbocycles. The Balaban J connectivity index is 1.67. The van der Waals surface area contributed by atoms with E-state index in [0.29, 0.717) is 42.3 Å². The van der Waals surface area contributed by atoms with Crippen molar-refractivity contribution in [2.45, 2.75) is 6.92 Å². The number of amides is 1. The van der Waals surface area contributed by atoms with E-state index in [4.69, 9.17) is 23.2 Å². The summed E-state index contributed by atoms with van der Waals surface area (Å²) < 4.78 is 19.6. The predicted octanol–water partition coefficient (Wildman–Crippen LogP) is 5.03. The molecule has 0 radical (unpaired) electrons. The van der Waals surface area contributed by atoms with Crippen LogP contribution in [-0.2, 0) is 4.79 Å². The van der Waals surface area contributed by atoms with Gasteiger partial charge in [-0.05, 0) is 42.7 Å². The van der Waals surface area contributed by atoms with Gasteiger partial charge in [0.05, 0.1) is 21.3 Å². The Morgan fingerprint density at radius 2 is 2.00 bits per heavy atom. The van der Waals surface area contributed by atoms with Gasteiger partial charge in [-0.25, -0.2) is 4.39 Å². The quantitative estimate of drug-likeness (QED) is 0.525. The third-order valence-electron chi connectivity index (χ3n) is 4.83. The summed E-state index contributed by atoms with van der Waals surface area (Å²) in [7, 11) is 0. The van der Waals surface area contributed by atoms with Crippen LogP contribution in [0.2, 0.25) is 10.0 Å². The lowest BCUT2D eigenvalue weighted by Crippen LogP contribution is -2.48. The van der Waals surface area contributed by atoms with E-state index in [1.807, 2.05) is 6.92 Å². The molecular formula is C20H17Cl2FN4OS. The molecule has 5 nitrogen and oxygen atoms in total. The number of anilines is 1. The molecule has 0 aliphatic carbocycles. The Kier molecular flexibility index (Phi) is 5.72. The fourth-order valence-corrected chi connectivity index (χ4v) is 4.80. The molecule has 0 unspecified atom stereocenters. The van der Waals surface area contributed by atoms with Gasteiger partial charge < -0.3 is 9.80 Å². The maximum Gasteiger partial charge on any atom is 0.246 e. The maximum absolute atomic E-state index is 15.3. The van der Waals surface area contributed by atoms with E-state index in [1.54, 1.807) is 41.4 Å². The number of nitrogens with zero attached hydrogens (tertiary/aromatic N) is 4. The van der Waals surface area contributed by atoms with Crippen LogP contribution in [-0.4, -0.2) is 46.3 Å².